The molecular weight excluding hydrogens is 400 g/mol. The van der Waals surface area contributed by atoms with Crippen molar-refractivity contribution in [3.05, 3.63) is 48.0 Å². The minimum atomic E-state index is -0.757. The maximum Gasteiger partial charge on any atom is 0.266 e. The summed E-state index contributed by atoms with van der Waals surface area (Å²) in [6, 6.07) is 8.99. The van der Waals surface area contributed by atoms with Crippen LogP contribution in [0.5, 0.6) is 11.5 Å². The van der Waals surface area contributed by atoms with E-state index >= 15 is 0 Å². The molecule has 0 aliphatic heterocycles. The van der Waals surface area contributed by atoms with Crippen LogP contribution >= 0.6 is 11.3 Å². The fraction of sp³-hybridized carbons (Fsp3) is 0.300. The van der Waals surface area contributed by atoms with Gasteiger partial charge in [0.25, 0.3) is 5.91 Å². The van der Waals surface area contributed by atoms with Gasteiger partial charge in [-0.05, 0) is 32.3 Å². The molecule has 0 saturated carbocycles. The number of rotatable bonds is 8. The fourth-order valence-corrected chi connectivity index (χ4v) is 3.69. The molecular formula is C20H21F2N3O3S. The van der Waals surface area contributed by atoms with Crippen molar-refractivity contribution in [1.29, 1.82) is 0 Å². The number of ether oxygens (including phenoxy) is 2. The van der Waals surface area contributed by atoms with E-state index in [0.29, 0.717) is 34.4 Å². The van der Waals surface area contributed by atoms with E-state index in [1.54, 1.807) is 24.3 Å². The first-order valence-corrected chi connectivity index (χ1v) is 9.67. The molecule has 0 saturated heterocycles. The van der Waals surface area contributed by atoms with Crippen LogP contribution in [0, 0.1) is 11.6 Å². The van der Waals surface area contributed by atoms with Crippen molar-refractivity contribution in [2.75, 3.05) is 45.8 Å². The lowest BCUT2D eigenvalue weighted by Gasteiger charge is -2.22. The van der Waals surface area contributed by atoms with Gasteiger partial charge in [0.1, 0.15) is 11.3 Å². The average molecular weight is 421 g/mol. The number of fused-ring (bicyclic) bond motifs is 1. The predicted octanol–water partition coefficient (Wildman–Crippen LogP) is 3.56. The lowest BCUT2D eigenvalue weighted by molar-refractivity contribution is -0.120. The monoisotopic (exact) mass is 421 g/mol. The van der Waals surface area contributed by atoms with Gasteiger partial charge in [-0.3, -0.25) is 9.69 Å². The largest absolute Gasteiger partial charge is 0.493 e. The topological polar surface area (TPSA) is 54.9 Å². The molecule has 0 bridgehead atoms. The molecule has 154 valence electrons. The fourth-order valence-electron chi connectivity index (χ4n) is 2.64. The number of para-hydroxylation sites is 2. The molecule has 6 nitrogen and oxygen atoms in total. The molecule has 0 fully saturated rings. The number of hydrogen-bond donors (Lipinski definition) is 0. The number of methoxy groups -OCH3 is 1. The molecule has 2 aromatic carbocycles. The number of nitrogens with zero attached hydrogens (tertiary/aromatic N) is 3. The van der Waals surface area contributed by atoms with Crippen molar-refractivity contribution in [3.63, 3.8) is 0 Å². The first-order valence-electron chi connectivity index (χ1n) is 8.85. The Labute approximate surface area is 171 Å². The molecule has 1 aromatic heterocycles. The first-order chi connectivity index (χ1) is 13.9. The number of halogens is 2. The summed E-state index contributed by atoms with van der Waals surface area (Å²) >= 11 is 1.06. The Morgan fingerprint density at radius 1 is 1.14 bits per heavy atom. The summed E-state index contributed by atoms with van der Waals surface area (Å²) in [6.45, 7) is 0.638. The summed E-state index contributed by atoms with van der Waals surface area (Å²) in [6.07, 6.45) is 0. The van der Waals surface area contributed by atoms with E-state index in [0.717, 1.165) is 17.4 Å². The molecule has 9 heteroatoms. The van der Waals surface area contributed by atoms with Gasteiger partial charge >= 0.3 is 0 Å². The molecule has 0 atom stereocenters. The van der Waals surface area contributed by atoms with E-state index in [1.807, 2.05) is 19.0 Å². The zero-order valence-corrected chi connectivity index (χ0v) is 17.1. The SMILES string of the molecule is COc1ccccc1OCC(=O)N(CCN(C)C)c1nc2c(F)cc(F)cc2s1. The maximum atomic E-state index is 14.0. The molecule has 0 N–H and O–H groups in total. The Hall–Kier alpha value is -2.78. The Morgan fingerprint density at radius 2 is 1.86 bits per heavy atom. The highest BCUT2D eigenvalue weighted by molar-refractivity contribution is 7.22. The summed E-state index contributed by atoms with van der Waals surface area (Å²) in [7, 11) is 5.27. The highest BCUT2D eigenvalue weighted by Gasteiger charge is 2.22. The normalized spacial score (nSPS) is 11.1. The molecule has 0 aliphatic rings. The Balaban J connectivity index is 1.84. The summed E-state index contributed by atoms with van der Waals surface area (Å²) in [5, 5.41) is 0.292. The van der Waals surface area contributed by atoms with Crippen LogP contribution in [0.1, 0.15) is 0 Å². The summed E-state index contributed by atoms with van der Waals surface area (Å²) < 4.78 is 38.8. The highest BCUT2D eigenvalue weighted by Crippen LogP contribution is 2.31. The van der Waals surface area contributed by atoms with Crippen molar-refractivity contribution < 1.29 is 23.0 Å². The van der Waals surface area contributed by atoms with E-state index in [2.05, 4.69) is 4.98 Å². The molecule has 3 rings (SSSR count). The van der Waals surface area contributed by atoms with E-state index in [4.69, 9.17) is 9.47 Å². The molecule has 1 amide bonds. The third-order valence-corrected chi connectivity index (χ3v) is 5.15. The van der Waals surface area contributed by atoms with Crippen molar-refractivity contribution in [2.45, 2.75) is 0 Å². The number of thiazole rings is 1. The van der Waals surface area contributed by atoms with E-state index < -0.39 is 11.6 Å². The number of aromatic nitrogens is 1. The van der Waals surface area contributed by atoms with Gasteiger partial charge in [-0.25, -0.2) is 13.8 Å². The van der Waals surface area contributed by atoms with Crippen LogP contribution in [0.3, 0.4) is 0 Å². The second kappa shape index (κ2) is 9.15. The van der Waals surface area contributed by atoms with Crippen LogP contribution < -0.4 is 14.4 Å². The Bertz CT molecular complexity index is 1010. The highest BCUT2D eigenvalue weighted by atomic mass is 32.1. The Kier molecular flexibility index (Phi) is 6.60. The van der Waals surface area contributed by atoms with Crippen molar-refractivity contribution in [2.24, 2.45) is 0 Å². The number of benzene rings is 2. The Morgan fingerprint density at radius 3 is 2.55 bits per heavy atom. The summed E-state index contributed by atoms with van der Waals surface area (Å²) in [5.41, 5.74) is 0.0414. The lowest BCUT2D eigenvalue weighted by atomic mass is 10.3. The molecule has 0 aliphatic carbocycles. The van der Waals surface area contributed by atoms with Crippen LogP contribution in [0.25, 0.3) is 10.2 Å². The third kappa shape index (κ3) is 4.99. The second-order valence-corrected chi connectivity index (χ2v) is 7.53. The first kappa shape index (κ1) is 20.9. The van der Waals surface area contributed by atoms with Gasteiger partial charge in [-0.2, -0.15) is 0 Å². The number of hydrogen-bond acceptors (Lipinski definition) is 6. The van der Waals surface area contributed by atoms with Gasteiger partial charge in [-0.1, -0.05) is 23.5 Å². The minimum Gasteiger partial charge on any atom is -0.493 e. The van der Waals surface area contributed by atoms with E-state index in [9.17, 15) is 13.6 Å². The van der Waals surface area contributed by atoms with Crippen LogP contribution in [-0.4, -0.2) is 56.7 Å². The minimum absolute atomic E-state index is 0.0414. The number of likely N-dealkylation sites (N-methyl/N-ethyl adjacent to an activating group) is 1. The van der Waals surface area contributed by atoms with Crippen molar-refractivity contribution in [1.82, 2.24) is 9.88 Å². The predicted molar refractivity (Wildman–Crippen MR) is 109 cm³/mol. The van der Waals surface area contributed by atoms with Gasteiger partial charge in [-0.15, -0.1) is 0 Å². The quantitative estimate of drug-likeness (QED) is 0.557. The van der Waals surface area contributed by atoms with Gasteiger partial charge in [0, 0.05) is 19.2 Å². The van der Waals surface area contributed by atoms with Gasteiger partial charge in [0.05, 0.1) is 11.8 Å². The summed E-state index contributed by atoms with van der Waals surface area (Å²) in [5.74, 6) is -0.840. The van der Waals surface area contributed by atoms with Crippen LogP contribution in [0.2, 0.25) is 0 Å². The molecule has 29 heavy (non-hydrogen) atoms. The maximum absolute atomic E-state index is 14.0. The number of carbonyl (C=O) groups excluding carboxylic acids is 1. The molecule has 0 spiro atoms. The third-order valence-electron chi connectivity index (χ3n) is 4.12. The molecule has 1 heterocycles. The zero-order valence-electron chi connectivity index (χ0n) is 16.3. The van der Waals surface area contributed by atoms with Crippen LogP contribution in [-0.2, 0) is 4.79 Å². The standard InChI is InChI=1S/C20H21F2N3O3S/c1-24(2)8-9-25(18(26)12-28-16-7-5-4-6-15(16)27-3)20-23-19-14(22)10-13(21)11-17(19)29-20/h4-7,10-11H,8-9,12H2,1-3H3. The average Bonchev–Trinajstić information content (AvgIpc) is 3.10. The van der Waals surface area contributed by atoms with Gasteiger partial charge < -0.3 is 14.4 Å². The lowest BCUT2D eigenvalue weighted by Crippen LogP contribution is -2.39. The van der Waals surface area contributed by atoms with Gasteiger partial charge in [0.2, 0.25) is 0 Å². The van der Waals surface area contributed by atoms with Crippen LogP contribution in [0.15, 0.2) is 36.4 Å². The van der Waals surface area contributed by atoms with Gasteiger partial charge in [0.15, 0.2) is 29.1 Å². The van der Waals surface area contributed by atoms with Crippen molar-refractivity contribution >= 4 is 32.6 Å². The number of carbonyl (C=O) groups is 1. The molecule has 3 aromatic rings. The number of anilines is 1. The molecule has 0 radical (unpaired) electrons. The molecule has 0 unspecified atom stereocenters. The smallest absolute Gasteiger partial charge is 0.266 e. The van der Waals surface area contributed by atoms with E-state index in [1.165, 1.54) is 18.1 Å². The second-order valence-electron chi connectivity index (χ2n) is 6.52. The van der Waals surface area contributed by atoms with Crippen molar-refractivity contribution in [3.8, 4) is 11.5 Å². The summed E-state index contributed by atoms with van der Waals surface area (Å²) in [4.78, 5) is 20.5. The number of amides is 1. The zero-order chi connectivity index (χ0) is 21.0. The van der Waals surface area contributed by atoms with Crippen LogP contribution in [0.4, 0.5) is 13.9 Å². The van der Waals surface area contributed by atoms with E-state index in [-0.39, 0.29) is 18.0 Å².